The number of likely N-dealkylation sites (tertiary alicyclic amines) is 1. The number of hydrogen-bond acceptors (Lipinski definition) is 6. The van der Waals surface area contributed by atoms with Crippen molar-refractivity contribution >= 4 is 29.5 Å². The molecule has 2 bridgehead atoms. The standard InChI is InChI=1S/C32H44N2O5S/c1-6-8-9-13-19-39-30(38)26-25-28(36)34(24(21-35)22(3)4)27(32(25)17-16-31(26,5)40-32)29(37)33(18-7-2)20-23-14-11-10-12-15-23/h6-7,10-12,14-15,22,24-27,35H,1-2,8-9,13,16-21H2,3-5H3/t24-,25-,26+,27?,31-,32?/m0/s1. The zero-order valence-electron chi connectivity index (χ0n) is 24.1. The van der Waals surface area contributed by atoms with Crippen LogP contribution >= 0.6 is 11.8 Å². The summed E-state index contributed by atoms with van der Waals surface area (Å²) in [5, 5.41) is 10.5. The van der Waals surface area contributed by atoms with Gasteiger partial charge in [0.15, 0.2) is 0 Å². The number of unbranched alkanes of at least 4 members (excludes halogenated alkanes) is 2. The van der Waals surface area contributed by atoms with Crippen molar-refractivity contribution in [1.29, 1.82) is 0 Å². The third-order valence-corrected chi connectivity index (χ3v) is 10.9. The van der Waals surface area contributed by atoms with Gasteiger partial charge in [0.25, 0.3) is 0 Å². The van der Waals surface area contributed by atoms with Crippen LogP contribution in [0.4, 0.5) is 0 Å². The van der Waals surface area contributed by atoms with E-state index in [4.69, 9.17) is 4.74 Å². The lowest BCUT2D eigenvalue weighted by molar-refractivity contribution is -0.156. The Hall–Kier alpha value is -2.58. The fourth-order valence-electron chi connectivity index (χ4n) is 7.00. The average Bonchev–Trinajstić information content (AvgIpc) is 3.50. The van der Waals surface area contributed by atoms with E-state index < -0.39 is 33.4 Å². The molecule has 40 heavy (non-hydrogen) atoms. The van der Waals surface area contributed by atoms with Crippen LogP contribution in [0.25, 0.3) is 0 Å². The zero-order chi connectivity index (χ0) is 29.1. The molecule has 2 unspecified atom stereocenters. The first-order valence-corrected chi connectivity index (χ1v) is 15.3. The molecule has 1 aromatic rings. The van der Waals surface area contributed by atoms with Crippen LogP contribution in [0.2, 0.25) is 0 Å². The van der Waals surface area contributed by atoms with Gasteiger partial charge in [-0.05, 0) is 50.5 Å². The maximum atomic E-state index is 14.6. The van der Waals surface area contributed by atoms with E-state index in [0.29, 0.717) is 26.1 Å². The van der Waals surface area contributed by atoms with Gasteiger partial charge in [-0.2, -0.15) is 0 Å². The lowest BCUT2D eigenvalue weighted by atomic mass is 9.66. The number of nitrogens with zero attached hydrogens (tertiary/aromatic N) is 2. The smallest absolute Gasteiger partial charge is 0.311 e. The van der Waals surface area contributed by atoms with Crippen molar-refractivity contribution in [3.05, 3.63) is 61.2 Å². The van der Waals surface area contributed by atoms with Crippen LogP contribution in [0, 0.1) is 17.8 Å². The molecule has 8 heteroatoms. The number of esters is 1. The van der Waals surface area contributed by atoms with Crippen molar-refractivity contribution in [1.82, 2.24) is 9.80 Å². The topological polar surface area (TPSA) is 87.1 Å². The van der Waals surface area contributed by atoms with Gasteiger partial charge in [0.2, 0.25) is 11.8 Å². The monoisotopic (exact) mass is 568 g/mol. The number of carbonyl (C=O) groups is 3. The van der Waals surface area contributed by atoms with Gasteiger partial charge in [0, 0.05) is 17.8 Å². The highest BCUT2D eigenvalue weighted by Crippen LogP contribution is 2.72. The van der Waals surface area contributed by atoms with Crippen molar-refractivity contribution in [2.24, 2.45) is 17.8 Å². The van der Waals surface area contributed by atoms with E-state index in [1.165, 1.54) is 0 Å². The Labute approximate surface area is 243 Å². The molecule has 1 aromatic carbocycles. The average molecular weight is 569 g/mol. The van der Waals surface area contributed by atoms with Crippen molar-refractivity contribution in [2.45, 2.75) is 81.0 Å². The van der Waals surface area contributed by atoms with Crippen LogP contribution in [0.1, 0.15) is 58.4 Å². The molecule has 2 amide bonds. The first-order chi connectivity index (χ1) is 19.1. The number of allylic oxidation sites excluding steroid dienone is 1. The van der Waals surface area contributed by atoms with E-state index in [9.17, 15) is 19.5 Å². The molecule has 0 saturated carbocycles. The molecular formula is C32H44N2O5S. The lowest BCUT2D eigenvalue weighted by Gasteiger charge is -2.40. The molecule has 0 aliphatic carbocycles. The second-order valence-electron chi connectivity index (χ2n) is 11.9. The second kappa shape index (κ2) is 12.5. The van der Waals surface area contributed by atoms with E-state index in [-0.39, 0.29) is 30.3 Å². The van der Waals surface area contributed by atoms with Crippen LogP contribution in [-0.4, -0.2) is 74.0 Å². The quantitative estimate of drug-likeness (QED) is 0.201. The third-order valence-electron chi connectivity index (χ3n) is 8.94. The molecule has 1 N–H and O–H groups in total. The number of carbonyl (C=O) groups excluding carboxylic acids is 3. The Balaban J connectivity index is 1.71. The van der Waals surface area contributed by atoms with E-state index in [1.807, 2.05) is 57.2 Å². The van der Waals surface area contributed by atoms with E-state index >= 15 is 0 Å². The number of thioether (sulfide) groups is 1. The number of hydrogen-bond donors (Lipinski definition) is 1. The fourth-order valence-corrected chi connectivity index (χ4v) is 9.32. The van der Waals surface area contributed by atoms with Gasteiger partial charge >= 0.3 is 5.97 Å². The molecule has 3 fully saturated rings. The van der Waals surface area contributed by atoms with Gasteiger partial charge in [-0.1, -0.05) is 56.3 Å². The minimum absolute atomic E-state index is 0.0745. The minimum Gasteiger partial charge on any atom is -0.465 e. The summed E-state index contributed by atoms with van der Waals surface area (Å²) in [5.41, 5.74) is 0.985. The van der Waals surface area contributed by atoms with Crippen molar-refractivity contribution in [3.8, 4) is 0 Å². The first kappa shape index (κ1) is 30.4. The zero-order valence-corrected chi connectivity index (χ0v) is 24.9. The molecule has 3 heterocycles. The first-order valence-electron chi connectivity index (χ1n) is 14.5. The minimum atomic E-state index is -0.787. The summed E-state index contributed by atoms with van der Waals surface area (Å²) < 4.78 is 4.51. The number of aliphatic hydroxyl groups excluding tert-OH is 1. The summed E-state index contributed by atoms with van der Waals surface area (Å²) >= 11 is 1.63. The number of benzene rings is 1. The molecule has 3 saturated heterocycles. The van der Waals surface area contributed by atoms with Gasteiger partial charge in [0.05, 0.1) is 35.8 Å². The van der Waals surface area contributed by atoms with Crippen LogP contribution in [0.3, 0.4) is 0 Å². The van der Waals surface area contributed by atoms with Gasteiger partial charge < -0.3 is 19.6 Å². The summed E-state index contributed by atoms with van der Waals surface area (Å²) in [4.78, 5) is 46.0. The van der Waals surface area contributed by atoms with Crippen LogP contribution in [0.5, 0.6) is 0 Å². The van der Waals surface area contributed by atoms with E-state index in [2.05, 4.69) is 13.2 Å². The van der Waals surface area contributed by atoms with Gasteiger partial charge in [-0.15, -0.1) is 24.9 Å². The molecule has 218 valence electrons. The molecule has 0 aromatic heterocycles. The Morgan fingerprint density at radius 2 is 1.93 bits per heavy atom. The summed E-state index contributed by atoms with van der Waals surface area (Å²) in [6.07, 6.45) is 7.42. The SMILES string of the molecule is C=CCCCCOC(=O)[C@H]1[C@H]2C(=O)N([C@@H](CO)C(C)C)C(C(=O)N(CC=C)Cc3ccccc3)C23CC[C@]1(C)S3. The Kier molecular flexibility index (Phi) is 9.51. The normalized spacial score (nSPS) is 29.4. The molecule has 1 spiro atoms. The molecule has 0 radical (unpaired) electrons. The fraction of sp³-hybridized carbons (Fsp3) is 0.594. The summed E-state index contributed by atoms with van der Waals surface area (Å²) in [7, 11) is 0. The van der Waals surface area contributed by atoms with Gasteiger partial charge in [-0.25, -0.2) is 0 Å². The number of amides is 2. The van der Waals surface area contributed by atoms with Gasteiger partial charge in [-0.3, -0.25) is 14.4 Å². The van der Waals surface area contributed by atoms with Crippen molar-refractivity contribution < 1.29 is 24.2 Å². The molecule has 3 aliphatic rings. The number of ether oxygens (including phenoxy) is 1. The molecule has 4 rings (SSSR count). The number of rotatable bonds is 14. The van der Waals surface area contributed by atoms with Crippen LogP contribution < -0.4 is 0 Å². The van der Waals surface area contributed by atoms with Crippen LogP contribution in [0.15, 0.2) is 55.6 Å². The Morgan fingerprint density at radius 1 is 1.20 bits per heavy atom. The summed E-state index contributed by atoms with van der Waals surface area (Å²) in [6.45, 7) is 14.3. The van der Waals surface area contributed by atoms with E-state index in [1.54, 1.807) is 27.6 Å². The highest BCUT2D eigenvalue weighted by Gasteiger charge is 2.78. The van der Waals surface area contributed by atoms with Crippen molar-refractivity contribution in [3.63, 3.8) is 0 Å². The molecule has 7 nitrogen and oxygen atoms in total. The highest BCUT2D eigenvalue weighted by atomic mass is 32.2. The maximum Gasteiger partial charge on any atom is 0.311 e. The largest absolute Gasteiger partial charge is 0.465 e. The number of fused-ring (bicyclic) bond motifs is 1. The predicted octanol–water partition coefficient (Wildman–Crippen LogP) is 4.60. The summed E-state index contributed by atoms with van der Waals surface area (Å²) in [5.74, 6) is -2.09. The maximum absolute atomic E-state index is 14.6. The second-order valence-corrected chi connectivity index (χ2v) is 13.8. The highest BCUT2D eigenvalue weighted by molar-refractivity contribution is 8.02. The van der Waals surface area contributed by atoms with E-state index in [0.717, 1.165) is 31.2 Å². The lowest BCUT2D eigenvalue weighted by Crippen LogP contribution is -2.58. The Morgan fingerprint density at radius 3 is 2.55 bits per heavy atom. The molecular weight excluding hydrogens is 524 g/mol. The van der Waals surface area contributed by atoms with Crippen LogP contribution in [-0.2, 0) is 25.7 Å². The molecule has 3 aliphatic heterocycles. The van der Waals surface area contributed by atoms with Crippen molar-refractivity contribution in [2.75, 3.05) is 19.8 Å². The molecule has 6 atom stereocenters. The number of aliphatic hydroxyl groups is 1. The predicted molar refractivity (Wildman–Crippen MR) is 158 cm³/mol. The van der Waals surface area contributed by atoms with Gasteiger partial charge in [0.1, 0.15) is 6.04 Å². The Bertz CT molecular complexity index is 1110. The third kappa shape index (κ3) is 5.37. The summed E-state index contributed by atoms with van der Waals surface area (Å²) in [6, 6.07) is 8.45.